The molecule has 0 amide bonds. The average Bonchev–Trinajstić information content (AvgIpc) is 3.01. The predicted molar refractivity (Wildman–Crippen MR) is 88.6 cm³/mol. The molecule has 0 aliphatic heterocycles. The summed E-state index contributed by atoms with van der Waals surface area (Å²) in [6.45, 7) is 3.68. The van der Waals surface area contributed by atoms with Gasteiger partial charge in [-0.15, -0.1) is 0 Å². The normalized spacial score (nSPS) is 12.5. The van der Waals surface area contributed by atoms with Crippen LogP contribution in [-0.4, -0.2) is 12.1 Å². The smallest absolute Gasteiger partial charge is 0.349 e. The molecule has 0 saturated carbocycles. The lowest BCUT2D eigenvalue weighted by Gasteiger charge is -2.09. The Bertz CT molecular complexity index is 753. The number of esters is 1. The second kappa shape index (κ2) is 7.66. The average molecular weight is 330 g/mol. The Morgan fingerprint density at radius 2 is 2.04 bits per heavy atom. The third-order valence-electron chi connectivity index (χ3n) is 3.27. The van der Waals surface area contributed by atoms with Crippen LogP contribution in [0.1, 0.15) is 26.0 Å². The van der Waals surface area contributed by atoms with Crippen LogP contribution in [0.25, 0.3) is 17.4 Å². The number of carbonyl (C=O) groups is 1. The highest BCUT2D eigenvalue weighted by molar-refractivity contribution is 6.30. The van der Waals surface area contributed by atoms with Gasteiger partial charge in [-0.2, -0.15) is 5.26 Å². The molecule has 0 bridgehead atoms. The molecule has 0 aliphatic carbocycles. The van der Waals surface area contributed by atoms with Crippen molar-refractivity contribution in [1.82, 2.24) is 0 Å². The summed E-state index contributed by atoms with van der Waals surface area (Å²) in [4.78, 5) is 11.9. The van der Waals surface area contributed by atoms with Crippen LogP contribution in [0.2, 0.25) is 5.02 Å². The highest BCUT2D eigenvalue weighted by Crippen LogP contribution is 2.25. The molecule has 0 N–H and O–H groups in total. The first-order valence-electron chi connectivity index (χ1n) is 7.22. The SMILES string of the molecule is CC[C@H](C)OC(=O)/C(C#N)=C/c1ccc(-c2ccc(Cl)cc2)o1. The fourth-order valence-corrected chi connectivity index (χ4v) is 1.93. The van der Waals surface area contributed by atoms with E-state index < -0.39 is 5.97 Å². The van der Waals surface area contributed by atoms with Crippen molar-refractivity contribution >= 4 is 23.6 Å². The number of hydrogen-bond acceptors (Lipinski definition) is 4. The van der Waals surface area contributed by atoms with E-state index in [9.17, 15) is 4.79 Å². The number of hydrogen-bond donors (Lipinski definition) is 0. The van der Waals surface area contributed by atoms with E-state index in [0.29, 0.717) is 23.0 Å². The first-order chi connectivity index (χ1) is 11.0. The number of benzene rings is 1. The molecule has 0 radical (unpaired) electrons. The van der Waals surface area contributed by atoms with Gasteiger partial charge in [0, 0.05) is 16.7 Å². The standard InChI is InChI=1S/C18H16ClNO3/c1-3-12(2)22-18(21)14(11-20)10-16-8-9-17(23-16)13-4-6-15(19)7-5-13/h4-10,12H,3H2,1-2H3/b14-10+/t12-/m0/s1. The van der Waals surface area contributed by atoms with E-state index in [0.717, 1.165) is 5.56 Å². The van der Waals surface area contributed by atoms with Crippen molar-refractivity contribution in [2.45, 2.75) is 26.4 Å². The van der Waals surface area contributed by atoms with Crippen molar-refractivity contribution in [3.63, 3.8) is 0 Å². The van der Waals surface area contributed by atoms with Gasteiger partial charge < -0.3 is 9.15 Å². The van der Waals surface area contributed by atoms with Crippen LogP contribution in [-0.2, 0) is 9.53 Å². The molecular formula is C18H16ClNO3. The van der Waals surface area contributed by atoms with E-state index in [2.05, 4.69) is 0 Å². The van der Waals surface area contributed by atoms with Gasteiger partial charge in [0.05, 0.1) is 6.10 Å². The maximum atomic E-state index is 11.9. The van der Waals surface area contributed by atoms with E-state index in [1.54, 1.807) is 31.2 Å². The summed E-state index contributed by atoms with van der Waals surface area (Å²) in [7, 11) is 0. The van der Waals surface area contributed by atoms with Gasteiger partial charge in [0.15, 0.2) is 0 Å². The second-order valence-corrected chi connectivity index (χ2v) is 5.44. The highest BCUT2D eigenvalue weighted by Gasteiger charge is 2.15. The lowest BCUT2D eigenvalue weighted by molar-refractivity contribution is -0.142. The molecule has 4 nitrogen and oxygen atoms in total. The van der Waals surface area contributed by atoms with Crippen molar-refractivity contribution < 1.29 is 13.9 Å². The Morgan fingerprint density at radius 3 is 2.65 bits per heavy atom. The van der Waals surface area contributed by atoms with Gasteiger partial charge in [-0.1, -0.05) is 18.5 Å². The molecule has 23 heavy (non-hydrogen) atoms. The zero-order chi connectivity index (χ0) is 16.8. The third kappa shape index (κ3) is 4.48. The van der Waals surface area contributed by atoms with Gasteiger partial charge >= 0.3 is 5.97 Å². The second-order valence-electron chi connectivity index (χ2n) is 5.00. The van der Waals surface area contributed by atoms with E-state index >= 15 is 0 Å². The minimum Gasteiger partial charge on any atom is -0.459 e. The Morgan fingerprint density at radius 1 is 1.35 bits per heavy atom. The fraction of sp³-hybridized carbons (Fsp3) is 0.222. The number of furan rings is 1. The number of nitrogens with zero attached hydrogens (tertiary/aromatic N) is 1. The minimum absolute atomic E-state index is 0.0951. The van der Waals surface area contributed by atoms with Crippen LogP contribution in [0.4, 0.5) is 0 Å². The summed E-state index contributed by atoms with van der Waals surface area (Å²) in [6.07, 6.45) is 1.83. The van der Waals surface area contributed by atoms with E-state index in [1.165, 1.54) is 6.08 Å². The van der Waals surface area contributed by atoms with Gasteiger partial charge in [0.2, 0.25) is 0 Å². The number of ether oxygens (including phenoxy) is 1. The first kappa shape index (κ1) is 16.9. The zero-order valence-electron chi connectivity index (χ0n) is 12.9. The topological polar surface area (TPSA) is 63.2 Å². The molecule has 0 unspecified atom stereocenters. The molecule has 1 heterocycles. The zero-order valence-corrected chi connectivity index (χ0v) is 13.6. The summed E-state index contributed by atoms with van der Waals surface area (Å²) in [5.74, 6) is 0.388. The van der Waals surface area contributed by atoms with Gasteiger partial charge in [-0.25, -0.2) is 4.79 Å². The molecule has 1 aromatic carbocycles. The Hall–Kier alpha value is -2.51. The van der Waals surface area contributed by atoms with E-state index in [1.807, 2.05) is 25.1 Å². The van der Waals surface area contributed by atoms with Crippen LogP contribution < -0.4 is 0 Å². The number of carbonyl (C=O) groups excluding carboxylic acids is 1. The first-order valence-corrected chi connectivity index (χ1v) is 7.59. The van der Waals surface area contributed by atoms with Gasteiger partial charge in [-0.3, -0.25) is 0 Å². The molecule has 0 spiro atoms. The Kier molecular flexibility index (Phi) is 5.61. The maximum Gasteiger partial charge on any atom is 0.349 e. The van der Waals surface area contributed by atoms with Gasteiger partial charge in [-0.05, 0) is 49.7 Å². The number of halogens is 1. The Labute approximate surface area is 139 Å². The van der Waals surface area contributed by atoms with Crippen LogP contribution >= 0.6 is 11.6 Å². The molecular weight excluding hydrogens is 314 g/mol. The van der Waals surface area contributed by atoms with Crippen LogP contribution in [0.15, 0.2) is 46.4 Å². The molecule has 0 saturated heterocycles. The number of rotatable bonds is 5. The molecule has 1 aromatic heterocycles. The monoisotopic (exact) mass is 329 g/mol. The molecule has 1 atom stereocenters. The Balaban J connectivity index is 2.20. The molecule has 0 fully saturated rings. The van der Waals surface area contributed by atoms with Crippen LogP contribution in [0.3, 0.4) is 0 Å². The molecule has 0 aliphatic rings. The summed E-state index contributed by atoms with van der Waals surface area (Å²) >= 11 is 5.85. The third-order valence-corrected chi connectivity index (χ3v) is 3.52. The summed E-state index contributed by atoms with van der Waals surface area (Å²) in [6, 6.07) is 12.5. The molecule has 2 aromatic rings. The largest absolute Gasteiger partial charge is 0.459 e. The highest BCUT2D eigenvalue weighted by atomic mass is 35.5. The van der Waals surface area contributed by atoms with Crippen molar-refractivity contribution in [2.24, 2.45) is 0 Å². The van der Waals surface area contributed by atoms with E-state index in [-0.39, 0.29) is 11.7 Å². The number of nitriles is 1. The molecule has 118 valence electrons. The lowest BCUT2D eigenvalue weighted by atomic mass is 10.2. The quantitative estimate of drug-likeness (QED) is 0.447. The van der Waals surface area contributed by atoms with Gasteiger partial charge in [0.1, 0.15) is 23.2 Å². The predicted octanol–water partition coefficient (Wildman–Crippen LogP) is 4.85. The minimum atomic E-state index is -0.647. The summed E-state index contributed by atoms with van der Waals surface area (Å²) in [5.41, 5.74) is 0.761. The van der Waals surface area contributed by atoms with Crippen molar-refractivity contribution in [3.8, 4) is 17.4 Å². The van der Waals surface area contributed by atoms with E-state index in [4.69, 9.17) is 26.0 Å². The maximum absolute atomic E-state index is 11.9. The fourth-order valence-electron chi connectivity index (χ4n) is 1.81. The van der Waals surface area contributed by atoms with Crippen LogP contribution in [0.5, 0.6) is 0 Å². The van der Waals surface area contributed by atoms with Crippen LogP contribution in [0, 0.1) is 11.3 Å². The summed E-state index contributed by atoms with van der Waals surface area (Å²) in [5, 5.41) is 9.76. The lowest BCUT2D eigenvalue weighted by Crippen LogP contribution is -2.15. The summed E-state index contributed by atoms with van der Waals surface area (Å²) < 4.78 is 10.8. The van der Waals surface area contributed by atoms with Gasteiger partial charge in [0.25, 0.3) is 0 Å². The molecule has 5 heteroatoms. The van der Waals surface area contributed by atoms with Crippen molar-refractivity contribution in [3.05, 3.63) is 52.8 Å². The molecule has 2 rings (SSSR count). The van der Waals surface area contributed by atoms with Crippen molar-refractivity contribution in [2.75, 3.05) is 0 Å². The van der Waals surface area contributed by atoms with Crippen molar-refractivity contribution in [1.29, 1.82) is 5.26 Å².